The Hall–Kier alpha value is -1.26. The van der Waals surface area contributed by atoms with Crippen LogP contribution < -0.4 is 10.9 Å². The molecule has 0 heterocycles. The Morgan fingerprint density at radius 1 is 1.53 bits per heavy atom. The molecule has 1 atom stereocenters. The monoisotopic (exact) mass is 232 g/mol. The molecule has 5 heteroatoms. The number of carboxylic acid groups (broad SMARTS) is 1. The Morgan fingerprint density at radius 3 is 2.60 bits per heavy atom. The number of rotatable bonds is 3. The van der Waals surface area contributed by atoms with Gasteiger partial charge in [-0.05, 0) is 37.6 Å². The van der Waals surface area contributed by atoms with Gasteiger partial charge in [0.2, 0.25) is 0 Å². The molecule has 0 saturated carbocycles. The molecule has 0 saturated heterocycles. The summed E-state index contributed by atoms with van der Waals surface area (Å²) in [4.78, 5) is 10.5. The molecule has 1 aromatic rings. The molecule has 1 aromatic carbocycles. The highest BCUT2D eigenvalue weighted by atomic mass is 35.5. The lowest BCUT2D eigenvalue weighted by atomic mass is 10.2. The highest BCUT2D eigenvalue weighted by molar-refractivity contribution is 6.30. The van der Waals surface area contributed by atoms with Crippen molar-refractivity contribution in [3.8, 4) is 5.75 Å². The number of hydrogen-bond acceptors (Lipinski definition) is 2. The van der Waals surface area contributed by atoms with E-state index in [4.69, 9.17) is 21.4 Å². The van der Waals surface area contributed by atoms with Gasteiger partial charge in [0.1, 0.15) is 5.75 Å². The van der Waals surface area contributed by atoms with Crippen LogP contribution in [0, 0.1) is 6.92 Å². The van der Waals surface area contributed by atoms with Crippen LogP contribution >= 0.6 is 11.6 Å². The first kappa shape index (κ1) is 13.7. The average Bonchev–Trinajstić information content (AvgIpc) is 2.09. The molecule has 15 heavy (non-hydrogen) atoms. The summed E-state index contributed by atoms with van der Waals surface area (Å²) in [6, 6.07) is 5.06. The molecule has 0 radical (unpaired) electrons. The third-order valence-electron chi connectivity index (χ3n) is 1.79. The number of aryl methyl sites for hydroxylation is 1. The molecular weight excluding hydrogens is 218 g/mol. The highest BCUT2D eigenvalue weighted by Gasteiger charge is 2.13. The first-order chi connectivity index (χ1) is 6.50. The number of carboxylic acids is 1. The van der Waals surface area contributed by atoms with Crippen molar-refractivity contribution in [2.24, 2.45) is 0 Å². The SMILES string of the molecule is Cc1cc(Cl)ccc1O[C@H](C)C(=O)O.[NH4+]. The minimum absolute atomic E-state index is 0. The van der Waals surface area contributed by atoms with Gasteiger partial charge in [-0.1, -0.05) is 11.6 Å². The van der Waals surface area contributed by atoms with E-state index in [1.807, 2.05) is 6.92 Å². The van der Waals surface area contributed by atoms with E-state index in [0.717, 1.165) is 5.56 Å². The van der Waals surface area contributed by atoms with Crippen LogP contribution in [0.5, 0.6) is 5.75 Å². The fraction of sp³-hybridized carbons (Fsp3) is 0.300. The van der Waals surface area contributed by atoms with Gasteiger partial charge in [0, 0.05) is 5.02 Å². The van der Waals surface area contributed by atoms with Crippen molar-refractivity contribution < 1.29 is 14.6 Å². The Labute approximate surface area is 93.4 Å². The molecule has 0 amide bonds. The van der Waals surface area contributed by atoms with Crippen LogP contribution in [0.1, 0.15) is 12.5 Å². The van der Waals surface area contributed by atoms with Crippen LogP contribution in [0.4, 0.5) is 0 Å². The Balaban J connectivity index is 0.00000196. The Morgan fingerprint density at radius 2 is 2.13 bits per heavy atom. The van der Waals surface area contributed by atoms with Gasteiger partial charge in [-0.25, -0.2) is 4.79 Å². The van der Waals surface area contributed by atoms with Crippen molar-refractivity contribution >= 4 is 17.6 Å². The van der Waals surface area contributed by atoms with Crippen molar-refractivity contribution in [2.75, 3.05) is 0 Å². The predicted octanol–water partition coefficient (Wildman–Crippen LogP) is 2.88. The summed E-state index contributed by atoms with van der Waals surface area (Å²) >= 11 is 5.74. The molecule has 0 aromatic heterocycles. The van der Waals surface area contributed by atoms with E-state index in [-0.39, 0.29) is 6.15 Å². The summed E-state index contributed by atoms with van der Waals surface area (Å²) in [6.07, 6.45) is -0.852. The zero-order valence-electron chi connectivity index (χ0n) is 8.95. The molecule has 4 nitrogen and oxygen atoms in total. The maximum absolute atomic E-state index is 10.5. The molecule has 5 N–H and O–H groups in total. The third-order valence-corrected chi connectivity index (χ3v) is 2.02. The van der Waals surface area contributed by atoms with E-state index < -0.39 is 12.1 Å². The number of ether oxygens (including phenoxy) is 1. The van der Waals surface area contributed by atoms with Gasteiger partial charge in [0.25, 0.3) is 0 Å². The summed E-state index contributed by atoms with van der Waals surface area (Å²) in [5, 5.41) is 9.25. The molecule has 84 valence electrons. The molecular formula is C10H15ClNO3+. The average molecular weight is 233 g/mol. The second kappa shape index (κ2) is 5.58. The van der Waals surface area contributed by atoms with Crippen LogP contribution in [-0.2, 0) is 4.79 Å². The lowest BCUT2D eigenvalue weighted by molar-refractivity contribution is -0.144. The first-order valence-corrected chi connectivity index (χ1v) is 4.54. The van der Waals surface area contributed by atoms with Gasteiger partial charge in [-0.15, -0.1) is 0 Å². The lowest BCUT2D eigenvalue weighted by Gasteiger charge is -2.12. The molecule has 0 bridgehead atoms. The first-order valence-electron chi connectivity index (χ1n) is 4.16. The normalized spacial score (nSPS) is 11.4. The number of quaternary nitrogens is 1. The van der Waals surface area contributed by atoms with Gasteiger partial charge < -0.3 is 16.0 Å². The topological polar surface area (TPSA) is 83.0 Å². The maximum Gasteiger partial charge on any atom is 0.344 e. The van der Waals surface area contributed by atoms with Crippen LogP contribution in [0.25, 0.3) is 0 Å². The van der Waals surface area contributed by atoms with E-state index in [0.29, 0.717) is 10.8 Å². The number of carbonyl (C=O) groups is 1. The number of aliphatic carboxylic acids is 1. The maximum atomic E-state index is 10.5. The number of hydrogen-bond donors (Lipinski definition) is 2. The van der Waals surface area contributed by atoms with Crippen LogP contribution in [-0.4, -0.2) is 17.2 Å². The van der Waals surface area contributed by atoms with E-state index in [9.17, 15) is 4.79 Å². The molecule has 0 aliphatic rings. The minimum Gasteiger partial charge on any atom is -0.479 e. The fourth-order valence-electron chi connectivity index (χ4n) is 0.986. The van der Waals surface area contributed by atoms with E-state index in [1.54, 1.807) is 18.2 Å². The van der Waals surface area contributed by atoms with Gasteiger partial charge in [0.05, 0.1) is 0 Å². The van der Waals surface area contributed by atoms with Gasteiger partial charge in [-0.2, -0.15) is 0 Å². The fourth-order valence-corrected chi connectivity index (χ4v) is 1.21. The lowest BCUT2D eigenvalue weighted by Crippen LogP contribution is -2.23. The second-order valence-corrected chi connectivity index (χ2v) is 3.44. The zero-order valence-corrected chi connectivity index (χ0v) is 9.71. The molecule has 0 spiro atoms. The molecule has 0 fully saturated rings. The molecule has 0 aliphatic heterocycles. The molecule has 1 rings (SSSR count). The van der Waals surface area contributed by atoms with Crippen molar-refractivity contribution in [2.45, 2.75) is 20.0 Å². The Kier molecular flexibility index (Phi) is 5.11. The number of benzene rings is 1. The Bertz CT molecular complexity index is 355. The van der Waals surface area contributed by atoms with E-state index in [2.05, 4.69) is 0 Å². The summed E-state index contributed by atoms with van der Waals surface area (Å²) in [5.74, 6) is -0.441. The number of halogens is 1. The minimum atomic E-state index is -0.987. The van der Waals surface area contributed by atoms with Crippen molar-refractivity contribution in [3.05, 3.63) is 28.8 Å². The molecule has 0 unspecified atom stereocenters. The largest absolute Gasteiger partial charge is 0.479 e. The predicted molar refractivity (Wildman–Crippen MR) is 59.9 cm³/mol. The van der Waals surface area contributed by atoms with E-state index in [1.165, 1.54) is 6.92 Å². The third kappa shape index (κ3) is 3.77. The van der Waals surface area contributed by atoms with Crippen molar-refractivity contribution in [1.29, 1.82) is 0 Å². The van der Waals surface area contributed by atoms with Gasteiger partial charge >= 0.3 is 5.97 Å². The molecule has 0 aliphatic carbocycles. The quantitative estimate of drug-likeness (QED) is 0.841. The van der Waals surface area contributed by atoms with Crippen LogP contribution in [0.3, 0.4) is 0 Å². The van der Waals surface area contributed by atoms with Crippen LogP contribution in [0.2, 0.25) is 5.02 Å². The smallest absolute Gasteiger partial charge is 0.344 e. The standard InChI is InChI=1S/C10H11ClO3.H3N/c1-6-5-8(11)3-4-9(6)14-7(2)10(12)13;/h3-5,7H,1-2H3,(H,12,13);1H3/p+1/t7-;/m1./s1. The van der Waals surface area contributed by atoms with Gasteiger partial charge in [-0.3, -0.25) is 0 Å². The van der Waals surface area contributed by atoms with Crippen molar-refractivity contribution in [3.63, 3.8) is 0 Å². The zero-order chi connectivity index (χ0) is 10.7. The van der Waals surface area contributed by atoms with Crippen molar-refractivity contribution in [1.82, 2.24) is 6.15 Å². The summed E-state index contributed by atoms with van der Waals surface area (Å²) in [6.45, 7) is 3.30. The van der Waals surface area contributed by atoms with E-state index >= 15 is 0 Å². The summed E-state index contributed by atoms with van der Waals surface area (Å²) in [7, 11) is 0. The van der Waals surface area contributed by atoms with Crippen LogP contribution in [0.15, 0.2) is 18.2 Å². The second-order valence-electron chi connectivity index (χ2n) is 3.01. The summed E-state index contributed by atoms with van der Waals surface area (Å²) < 4.78 is 5.20. The highest BCUT2D eigenvalue weighted by Crippen LogP contribution is 2.22. The van der Waals surface area contributed by atoms with Gasteiger partial charge in [0.15, 0.2) is 6.10 Å². The summed E-state index contributed by atoms with van der Waals surface area (Å²) in [5.41, 5.74) is 0.825.